The van der Waals surface area contributed by atoms with E-state index < -0.39 is 11.7 Å². The number of rotatable bonds is 6. The number of nitrogens with one attached hydrogen (secondary N) is 1. The first-order valence-corrected chi connectivity index (χ1v) is 9.72. The highest BCUT2D eigenvalue weighted by atomic mass is 16.6. The second kappa shape index (κ2) is 9.74. The number of piperidine rings is 1. The van der Waals surface area contributed by atoms with E-state index >= 15 is 0 Å². The molecule has 1 aromatic rings. The Balaban J connectivity index is 2.05. The fourth-order valence-corrected chi connectivity index (χ4v) is 3.30. The van der Waals surface area contributed by atoms with Crippen LogP contribution in [-0.2, 0) is 14.3 Å². The van der Waals surface area contributed by atoms with Gasteiger partial charge in [-0.1, -0.05) is 30.3 Å². The molecule has 1 amide bonds. The van der Waals surface area contributed by atoms with E-state index in [4.69, 9.17) is 9.47 Å². The van der Waals surface area contributed by atoms with Crippen LogP contribution >= 0.6 is 0 Å². The molecule has 1 aliphatic heterocycles. The molecule has 0 aliphatic carbocycles. The van der Waals surface area contributed by atoms with Crippen LogP contribution in [0.2, 0.25) is 0 Å². The maximum absolute atomic E-state index is 12.3. The van der Waals surface area contributed by atoms with Crippen LogP contribution in [0.15, 0.2) is 30.3 Å². The minimum Gasteiger partial charge on any atom is -0.466 e. The molecule has 6 heteroatoms. The van der Waals surface area contributed by atoms with Crippen molar-refractivity contribution in [3.8, 4) is 0 Å². The SMILES string of the molecule is CCOC(=O)C1CCCN(C[C@H](NC(=O)OC(C)(C)C)c2ccccc2)C1. The second-order valence-corrected chi connectivity index (χ2v) is 7.96. The standard InChI is InChI=1S/C21H32N2O4/c1-5-26-19(24)17-12-9-13-23(14-17)15-18(16-10-7-6-8-11-16)22-20(25)27-21(2,3)4/h6-8,10-11,17-18H,5,9,12-15H2,1-4H3,(H,22,25)/t17?,18-/m0/s1. The number of esters is 1. The zero-order chi connectivity index (χ0) is 19.9. The van der Waals surface area contributed by atoms with Crippen molar-refractivity contribution in [2.24, 2.45) is 5.92 Å². The lowest BCUT2D eigenvalue weighted by Gasteiger charge is -2.34. The normalized spacial score (nSPS) is 19.2. The van der Waals surface area contributed by atoms with E-state index in [1.807, 2.05) is 58.0 Å². The first-order chi connectivity index (χ1) is 12.8. The molecule has 2 atom stereocenters. The lowest BCUT2D eigenvalue weighted by molar-refractivity contribution is -0.150. The summed E-state index contributed by atoms with van der Waals surface area (Å²) in [6.07, 6.45) is 1.36. The van der Waals surface area contributed by atoms with Gasteiger partial charge in [-0.15, -0.1) is 0 Å². The number of alkyl carbamates (subject to hydrolysis) is 1. The Hall–Kier alpha value is -2.08. The zero-order valence-electron chi connectivity index (χ0n) is 16.9. The van der Waals surface area contributed by atoms with Crippen molar-refractivity contribution in [2.45, 2.75) is 52.2 Å². The van der Waals surface area contributed by atoms with Crippen molar-refractivity contribution >= 4 is 12.1 Å². The van der Waals surface area contributed by atoms with Gasteiger partial charge in [0.2, 0.25) is 0 Å². The Labute approximate surface area is 162 Å². The summed E-state index contributed by atoms with van der Waals surface area (Å²) in [5.41, 5.74) is 0.465. The molecule has 0 spiro atoms. The van der Waals surface area contributed by atoms with Crippen LogP contribution in [0.1, 0.15) is 52.1 Å². The Morgan fingerprint density at radius 2 is 1.96 bits per heavy atom. The summed E-state index contributed by atoms with van der Waals surface area (Å²) in [7, 11) is 0. The molecule has 1 aromatic carbocycles. The van der Waals surface area contributed by atoms with Crippen molar-refractivity contribution in [1.82, 2.24) is 10.2 Å². The zero-order valence-corrected chi connectivity index (χ0v) is 16.9. The highest BCUT2D eigenvalue weighted by Gasteiger charge is 2.29. The van der Waals surface area contributed by atoms with Gasteiger partial charge in [-0.3, -0.25) is 4.79 Å². The van der Waals surface area contributed by atoms with Gasteiger partial charge in [0.15, 0.2) is 0 Å². The van der Waals surface area contributed by atoms with Crippen LogP contribution < -0.4 is 5.32 Å². The number of carbonyl (C=O) groups excluding carboxylic acids is 2. The molecule has 6 nitrogen and oxygen atoms in total. The lowest BCUT2D eigenvalue weighted by atomic mass is 9.97. The minimum atomic E-state index is -0.550. The summed E-state index contributed by atoms with van der Waals surface area (Å²) >= 11 is 0. The van der Waals surface area contributed by atoms with E-state index in [1.165, 1.54) is 0 Å². The largest absolute Gasteiger partial charge is 0.466 e. The third kappa shape index (κ3) is 7.21. The topological polar surface area (TPSA) is 67.9 Å². The molecule has 2 rings (SSSR count). The molecule has 0 aromatic heterocycles. The first-order valence-electron chi connectivity index (χ1n) is 9.72. The third-order valence-corrected chi connectivity index (χ3v) is 4.46. The van der Waals surface area contributed by atoms with Gasteiger partial charge >= 0.3 is 12.1 Å². The van der Waals surface area contributed by atoms with Gasteiger partial charge in [-0.25, -0.2) is 4.79 Å². The van der Waals surface area contributed by atoms with Gasteiger partial charge in [-0.2, -0.15) is 0 Å². The number of ether oxygens (including phenoxy) is 2. The quantitative estimate of drug-likeness (QED) is 0.770. The number of benzene rings is 1. The average Bonchev–Trinajstić information content (AvgIpc) is 2.61. The molecule has 1 saturated heterocycles. The van der Waals surface area contributed by atoms with Crippen LogP contribution in [0.3, 0.4) is 0 Å². The fraction of sp³-hybridized carbons (Fsp3) is 0.619. The molecular weight excluding hydrogens is 344 g/mol. The van der Waals surface area contributed by atoms with E-state index in [-0.39, 0.29) is 17.9 Å². The minimum absolute atomic E-state index is 0.100. The number of carbonyl (C=O) groups is 2. The fourth-order valence-electron chi connectivity index (χ4n) is 3.30. The number of nitrogens with zero attached hydrogens (tertiary/aromatic N) is 1. The summed E-state index contributed by atoms with van der Waals surface area (Å²) in [4.78, 5) is 26.6. The first kappa shape index (κ1) is 21.2. The van der Waals surface area contributed by atoms with Gasteiger partial charge in [0.1, 0.15) is 5.60 Å². The molecule has 0 saturated carbocycles. The van der Waals surface area contributed by atoms with Crippen molar-refractivity contribution in [1.29, 1.82) is 0 Å². The van der Waals surface area contributed by atoms with Crippen LogP contribution in [0.5, 0.6) is 0 Å². The Kier molecular flexibility index (Phi) is 7.66. The van der Waals surface area contributed by atoms with Crippen molar-refractivity contribution in [3.05, 3.63) is 35.9 Å². The van der Waals surface area contributed by atoms with E-state index in [0.29, 0.717) is 19.7 Å². The molecule has 1 heterocycles. The molecule has 1 N–H and O–H groups in total. The van der Waals surface area contributed by atoms with Crippen LogP contribution in [0.4, 0.5) is 4.79 Å². The maximum atomic E-state index is 12.3. The van der Waals surface area contributed by atoms with E-state index in [2.05, 4.69) is 10.2 Å². The molecule has 1 fully saturated rings. The molecule has 27 heavy (non-hydrogen) atoms. The molecule has 1 aliphatic rings. The van der Waals surface area contributed by atoms with E-state index in [1.54, 1.807) is 0 Å². The monoisotopic (exact) mass is 376 g/mol. The maximum Gasteiger partial charge on any atom is 0.408 e. The molecular formula is C21H32N2O4. The predicted octanol–water partition coefficient (Wildman–Crippen LogP) is 3.53. The predicted molar refractivity (Wildman–Crippen MR) is 104 cm³/mol. The smallest absolute Gasteiger partial charge is 0.408 e. The molecule has 0 bridgehead atoms. The lowest BCUT2D eigenvalue weighted by Crippen LogP contribution is -2.45. The summed E-state index contributed by atoms with van der Waals surface area (Å²) in [6.45, 7) is 9.94. The molecule has 150 valence electrons. The number of amides is 1. The number of likely N-dealkylation sites (tertiary alicyclic amines) is 1. The third-order valence-electron chi connectivity index (χ3n) is 4.46. The van der Waals surface area contributed by atoms with Gasteiger partial charge in [0.05, 0.1) is 18.6 Å². The van der Waals surface area contributed by atoms with Crippen LogP contribution in [-0.4, -0.2) is 48.8 Å². The second-order valence-electron chi connectivity index (χ2n) is 7.96. The Morgan fingerprint density at radius 1 is 1.26 bits per heavy atom. The number of hydrogen-bond donors (Lipinski definition) is 1. The van der Waals surface area contributed by atoms with Crippen LogP contribution in [0, 0.1) is 5.92 Å². The Morgan fingerprint density at radius 3 is 2.59 bits per heavy atom. The van der Waals surface area contributed by atoms with Gasteiger partial charge in [0, 0.05) is 13.1 Å². The van der Waals surface area contributed by atoms with Crippen LogP contribution in [0.25, 0.3) is 0 Å². The summed E-state index contributed by atoms with van der Waals surface area (Å²) in [5.74, 6) is -0.227. The van der Waals surface area contributed by atoms with Crippen molar-refractivity contribution < 1.29 is 19.1 Å². The average molecular weight is 376 g/mol. The van der Waals surface area contributed by atoms with E-state index in [9.17, 15) is 9.59 Å². The molecule has 1 unspecified atom stereocenters. The summed E-state index contributed by atoms with van der Waals surface area (Å²) in [5, 5.41) is 2.99. The van der Waals surface area contributed by atoms with Crippen molar-refractivity contribution in [2.75, 3.05) is 26.2 Å². The highest BCUT2D eigenvalue weighted by Crippen LogP contribution is 2.22. The molecule has 0 radical (unpaired) electrons. The van der Waals surface area contributed by atoms with Gasteiger partial charge in [0.25, 0.3) is 0 Å². The Bertz CT molecular complexity index is 612. The summed E-state index contributed by atoms with van der Waals surface area (Å²) < 4.78 is 10.6. The van der Waals surface area contributed by atoms with Crippen molar-refractivity contribution in [3.63, 3.8) is 0 Å². The highest BCUT2D eigenvalue weighted by molar-refractivity contribution is 5.72. The summed E-state index contributed by atoms with van der Waals surface area (Å²) in [6, 6.07) is 9.64. The van der Waals surface area contributed by atoms with E-state index in [0.717, 1.165) is 24.9 Å². The van der Waals surface area contributed by atoms with Gasteiger partial charge in [-0.05, 0) is 52.6 Å². The van der Waals surface area contributed by atoms with Gasteiger partial charge < -0.3 is 19.7 Å². The number of hydrogen-bond acceptors (Lipinski definition) is 5.